The molecule has 8 rings (SSSR count). The largest absolute Gasteiger partial charge is 0.0616 e. The number of hydrogen-bond donors (Lipinski definition) is 0. The standard InChI is InChI=1S/C48H42/c1-47(2,3)35-23-25-41(43(29-35)45-37-19-11-7-15-31(37)27-32-16-8-12-20-38(32)45)42-26-24-36(48(4,5)6)30-44(42)46-39-21-13-9-17-33(39)28-34-18-10-14-22-40(34)46/h7-30H,1-6H3. The molecule has 0 heteroatoms. The lowest BCUT2D eigenvalue weighted by Gasteiger charge is -2.26. The molecular formula is C48H42. The van der Waals surface area contributed by atoms with E-state index < -0.39 is 0 Å². The lowest BCUT2D eigenvalue weighted by molar-refractivity contribution is 0.590. The normalized spacial score (nSPS) is 12.4. The Labute approximate surface area is 284 Å². The molecule has 0 saturated carbocycles. The van der Waals surface area contributed by atoms with Gasteiger partial charge in [-0.05, 0) is 123 Å². The molecule has 0 N–H and O–H groups in total. The molecule has 0 nitrogen and oxygen atoms in total. The summed E-state index contributed by atoms with van der Waals surface area (Å²) in [7, 11) is 0. The van der Waals surface area contributed by atoms with E-state index in [2.05, 4.69) is 187 Å². The molecule has 0 fully saturated rings. The zero-order chi connectivity index (χ0) is 33.2. The molecule has 0 spiro atoms. The second-order valence-corrected chi connectivity index (χ2v) is 15.4. The maximum atomic E-state index is 2.48. The molecule has 8 aromatic rings. The Morgan fingerprint density at radius 2 is 0.583 bits per heavy atom. The Morgan fingerprint density at radius 3 is 0.875 bits per heavy atom. The first-order valence-corrected chi connectivity index (χ1v) is 17.2. The molecule has 0 radical (unpaired) electrons. The minimum atomic E-state index is -0.00156. The number of rotatable bonds is 3. The van der Waals surface area contributed by atoms with Crippen LogP contribution in [0.25, 0.3) is 76.5 Å². The molecule has 234 valence electrons. The Bertz CT molecular complexity index is 2230. The van der Waals surface area contributed by atoms with Crippen LogP contribution in [0, 0.1) is 0 Å². The van der Waals surface area contributed by atoms with E-state index in [0.717, 1.165) is 0 Å². The highest BCUT2D eigenvalue weighted by atomic mass is 14.3. The maximum absolute atomic E-state index is 2.48. The van der Waals surface area contributed by atoms with Crippen LogP contribution in [-0.2, 0) is 10.8 Å². The van der Waals surface area contributed by atoms with Gasteiger partial charge < -0.3 is 0 Å². The van der Waals surface area contributed by atoms with Gasteiger partial charge in [0.2, 0.25) is 0 Å². The molecule has 0 saturated heterocycles. The third kappa shape index (κ3) is 5.08. The molecule has 0 aliphatic carbocycles. The van der Waals surface area contributed by atoms with Gasteiger partial charge in [-0.2, -0.15) is 0 Å². The lowest BCUT2D eigenvalue weighted by Crippen LogP contribution is -2.12. The summed E-state index contributed by atoms with van der Waals surface area (Å²) in [5.74, 6) is 0. The predicted molar refractivity (Wildman–Crippen MR) is 210 cm³/mol. The SMILES string of the molecule is CC(C)(C)c1ccc(-c2ccc(C(C)(C)C)cc2-c2c3ccccc3cc3ccccc23)c(-c2c3ccccc3cc3ccccc23)c1. The van der Waals surface area contributed by atoms with E-state index in [4.69, 9.17) is 0 Å². The Kier molecular flexibility index (Phi) is 7.04. The summed E-state index contributed by atoms with van der Waals surface area (Å²) in [6.07, 6.45) is 0. The van der Waals surface area contributed by atoms with Crippen LogP contribution in [0.15, 0.2) is 146 Å². The van der Waals surface area contributed by atoms with Gasteiger partial charge in [0.15, 0.2) is 0 Å². The summed E-state index contributed by atoms with van der Waals surface area (Å²) in [5.41, 5.74) is 10.4. The Hall–Kier alpha value is -5.20. The molecule has 0 bridgehead atoms. The van der Waals surface area contributed by atoms with Gasteiger partial charge in [-0.25, -0.2) is 0 Å². The molecule has 0 aromatic heterocycles. The lowest BCUT2D eigenvalue weighted by atomic mass is 9.78. The minimum absolute atomic E-state index is 0.00156. The second kappa shape index (κ2) is 11.2. The Morgan fingerprint density at radius 1 is 0.292 bits per heavy atom. The molecular weight excluding hydrogens is 577 g/mol. The first-order chi connectivity index (χ1) is 23.1. The van der Waals surface area contributed by atoms with Crippen LogP contribution in [0.3, 0.4) is 0 Å². The van der Waals surface area contributed by atoms with E-state index in [9.17, 15) is 0 Å². The summed E-state index contributed by atoms with van der Waals surface area (Å²) in [6.45, 7) is 13.9. The monoisotopic (exact) mass is 618 g/mol. The molecule has 8 aromatic carbocycles. The van der Waals surface area contributed by atoms with Crippen molar-refractivity contribution in [3.05, 3.63) is 157 Å². The fourth-order valence-electron chi connectivity index (χ4n) is 7.51. The van der Waals surface area contributed by atoms with E-state index in [1.165, 1.54) is 87.6 Å². The number of benzene rings is 8. The highest BCUT2D eigenvalue weighted by Gasteiger charge is 2.24. The van der Waals surface area contributed by atoms with Crippen molar-refractivity contribution in [1.82, 2.24) is 0 Å². The number of fused-ring (bicyclic) bond motifs is 4. The summed E-state index contributed by atoms with van der Waals surface area (Å²) >= 11 is 0. The fraction of sp³-hybridized carbons (Fsp3) is 0.167. The minimum Gasteiger partial charge on any atom is -0.0616 e. The topological polar surface area (TPSA) is 0 Å². The van der Waals surface area contributed by atoms with Crippen molar-refractivity contribution in [2.75, 3.05) is 0 Å². The van der Waals surface area contributed by atoms with Gasteiger partial charge in [0.1, 0.15) is 0 Å². The van der Waals surface area contributed by atoms with Gasteiger partial charge in [-0.1, -0.05) is 163 Å². The molecule has 0 atom stereocenters. The average Bonchev–Trinajstić information content (AvgIpc) is 3.08. The van der Waals surface area contributed by atoms with Crippen molar-refractivity contribution < 1.29 is 0 Å². The first kappa shape index (κ1) is 30.2. The van der Waals surface area contributed by atoms with E-state index >= 15 is 0 Å². The van der Waals surface area contributed by atoms with Crippen molar-refractivity contribution in [3.8, 4) is 33.4 Å². The third-order valence-electron chi connectivity index (χ3n) is 10.1. The molecule has 0 heterocycles. The van der Waals surface area contributed by atoms with Gasteiger partial charge in [-0.15, -0.1) is 0 Å². The van der Waals surface area contributed by atoms with Crippen molar-refractivity contribution in [1.29, 1.82) is 0 Å². The highest BCUT2D eigenvalue weighted by molar-refractivity contribution is 6.18. The van der Waals surface area contributed by atoms with Crippen molar-refractivity contribution in [2.45, 2.75) is 52.4 Å². The van der Waals surface area contributed by atoms with Crippen LogP contribution in [0.2, 0.25) is 0 Å². The van der Waals surface area contributed by atoms with Crippen LogP contribution >= 0.6 is 0 Å². The van der Waals surface area contributed by atoms with Gasteiger partial charge in [-0.3, -0.25) is 0 Å². The highest BCUT2D eigenvalue weighted by Crippen LogP contribution is 2.48. The summed E-state index contributed by atoms with van der Waals surface area (Å²) in [5, 5.41) is 10.2. The van der Waals surface area contributed by atoms with Crippen LogP contribution < -0.4 is 0 Å². The molecule has 0 aliphatic heterocycles. The average molecular weight is 619 g/mol. The molecule has 0 amide bonds. The van der Waals surface area contributed by atoms with Gasteiger partial charge in [0.25, 0.3) is 0 Å². The zero-order valence-electron chi connectivity index (χ0n) is 28.9. The van der Waals surface area contributed by atoms with E-state index in [1.807, 2.05) is 0 Å². The third-order valence-corrected chi connectivity index (χ3v) is 10.1. The quantitative estimate of drug-likeness (QED) is 0.173. The fourth-order valence-corrected chi connectivity index (χ4v) is 7.51. The van der Waals surface area contributed by atoms with Crippen LogP contribution in [0.4, 0.5) is 0 Å². The smallest absolute Gasteiger partial charge is 0.00205 e. The maximum Gasteiger partial charge on any atom is -0.00205 e. The molecule has 0 unspecified atom stereocenters. The van der Waals surface area contributed by atoms with E-state index in [0.29, 0.717) is 0 Å². The second-order valence-electron chi connectivity index (χ2n) is 15.4. The van der Waals surface area contributed by atoms with Crippen molar-refractivity contribution in [2.24, 2.45) is 0 Å². The summed E-state index contributed by atoms with van der Waals surface area (Å²) in [6, 6.07) is 54.7. The summed E-state index contributed by atoms with van der Waals surface area (Å²) in [4.78, 5) is 0. The molecule has 0 aliphatic rings. The van der Waals surface area contributed by atoms with Crippen LogP contribution in [0.5, 0.6) is 0 Å². The van der Waals surface area contributed by atoms with E-state index in [1.54, 1.807) is 0 Å². The van der Waals surface area contributed by atoms with Gasteiger partial charge in [0, 0.05) is 0 Å². The zero-order valence-corrected chi connectivity index (χ0v) is 28.9. The van der Waals surface area contributed by atoms with Crippen molar-refractivity contribution in [3.63, 3.8) is 0 Å². The summed E-state index contributed by atoms with van der Waals surface area (Å²) < 4.78 is 0. The van der Waals surface area contributed by atoms with Crippen LogP contribution in [-0.4, -0.2) is 0 Å². The molecule has 48 heavy (non-hydrogen) atoms. The van der Waals surface area contributed by atoms with Crippen LogP contribution in [0.1, 0.15) is 52.7 Å². The van der Waals surface area contributed by atoms with Gasteiger partial charge >= 0.3 is 0 Å². The number of hydrogen-bond acceptors (Lipinski definition) is 0. The van der Waals surface area contributed by atoms with Crippen molar-refractivity contribution >= 4 is 43.1 Å². The van der Waals surface area contributed by atoms with E-state index in [-0.39, 0.29) is 10.8 Å². The Balaban J connectivity index is 1.55. The van der Waals surface area contributed by atoms with Gasteiger partial charge in [0.05, 0.1) is 0 Å². The first-order valence-electron chi connectivity index (χ1n) is 17.2. The predicted octanol–water partition coefficient (Wildman–Crippen LogP) is 13.9.